The van der Waals surface area contributed by atoms with Gasteiger partial charge in [-0.3, -0.25) is 4.79 Å². The van der Waals surface area contributed by atoms with Crippen LogP contribution in [0.4, 0.5) is 0 Å². The lowest BCUT2D eigenvalue weighted by molar-refractivity contribution is 0.112. The summed E-state index contributed by atoms with van der Waals surface area (Å²) in [5.41, 5.74) is 0.468. The molecule has 1 atom stereocenters. The molecule has 0 amide bonds. The van der Waals surface area contributed by atoms with E-state index in [4.69, 9.17) is 21.1 Å². The highest BCUT2D eigenvalue weighted by Gasteiger charge is 2.13. The summed E-state index contributed by atoms with van der Waals surface area (Å²) < 4.78 is 10.9. The van der Waals surface area contributed by atoms with Crippen molar-refractivity contribution in [3.05, 3.63) is 22.7 Å². The zero-order valence-electron chi connectivity index (χ0n) is 11.8. The van der Waals surface area contributed by atoms with Gasteiger partial charge in [0.2, 0.25) is 0 Å². The van der Waals surface area contributed by atoms with Gasteiger partial charge < -0.3 is 14.4 Å². The van der Waals surface area contributed by atoms with Crippen LogP contribution in [-0.4, -0.2) is 45.5 Å². The number of carbonyl (C=O) groups excluding carboxylic acids is 1. The third kappa shape index (κ3) is 4.73. The molecular formula is C14H20ClNO3. The summed E-state index contributed by atoms with van der Waals surface area (Å²) >= 11 is 6.11. The average Bonchev–Trinajstić information content (AvgIpc) is 2.35. The summed E-state index contributed by atoms with van der Waals surface area (Å²) in [5, 5.41) is 0.388. The highest BCUT2D eigenvalue weighted by atomic mass is 35.5. The van der Waals surface area contributed by atoms with Crippen LogP contribution in [0.15, 0.2) is 12.1 Å². The number of methoxy groups -OCH3 is 1. The van der Waals surface area contributed by atoms with Crippen LogP contribution in [0, 0.1) is 5.92 Å². The largest absolute Gasteiger partial charge is 0.493 e. The maximum atomic E-state index is 10.8. The van der Waals surface area contributed by atoms with Crippen molar-refractivity contribution >= 4 is 17.9 Å². The van der Waals surface area contributed by atoms with Crippen LogP contribution >= 0.6 is 11.6 Å². The third-order valence-corrected chi connectivity index (χ3v) is 2.86. The van der Waals surface area contributed by atoms with E-state index in [1.54, 1.807) is 12.1 Å². The molecule has 0 saturated heterocycles. The monoisotopic (exact) mass is 285 g/mol. The zero-order valence-corrected chi connectivity index (χ0v) is 12.5. The van der Waals surface area contributed by atoms with E-state index < -0.39 is 0 Å². The van der Waals surface area contributed by atoms with Crippen molar-refractivity contribution in [1.29, 1.82) is 0 Å². The van der Waals surface area contributed by atoms with Gasteiger partial charge >= 0.3 is 0 Å². The summed E-state index contributed by atoms with van der Waals surface area (Å²) in [6.07, 6.45) is 0.729. The number of rotatable bonds is 7. The summed E-state index contributed by atoms with van der Waals surface area (Å²) in [4.78, 5) is 12.9. The molecule has 0 aliphatic heterocycles. The number of carbonyl (C=O) groups is 1. The van der Waals surface area contributed by atoms with Gasteiger partial charge in [-0.05, 0) is 26.2 Å². The first-order valence-electron chi connectivity index (χ1n) is 6.08. The Morgan fingerprint density at radius 1 is 1.42 bits per heavy atom. The fourth-order valence-electron chi connectivity index (χ4n) is 1.85. The van der Waals surface area contributed by atoms with Crippen molar-refractivity contribution < 1.29 is 14.3 Å². The Labute approximate surface area is 119 Å². The Hall–Kier alpha value is -1.26. The van der Waals surface area contributed by atoms with Gasteiger partial charge in [-0.2, -0.15) is 0 Å². The molecule has 0 saturated carbocycles. The van der Waals surface area contributed by atoms with E-state index in [0.29, 0.717) is 34.6 Å². The second-order valence-electron chi connectivity index (χ2n) is 4.83. The molecule has 0 aliphatic rings. The molecule has 1 aromatic carbocycles. The molecule has 5 heteroatoms. The van der Waals surface area contributed by atoms with E-state index in [0.717, 1.165) is 12.8 Å². The van der Waals surface area contributed by atoms with Gasteiger partial charge in [0.05, 0.1) is 18.7 Å². The first-order valence-corrected chi connectivity index (χ1v) is 6.46. The second kappa shape index (κ2) is 7.36. The predicted octanol–water partition coefficient (Wildman–Crippen LogP) is 2.74. The van der Waals surface area contributed by atoms with Gasteiger partial charge in [0.25, 0.3) is 0 Å². The highest BCUT2D eigenvalue weighted by molar-refractivity contribution is 6.32. The summed E-state index contributed by atoms with van der Waals surface area (Å²) in [6.45, 7) is 3.56. The SMILES string of the molecule is COc1cc(C=O)cc(Cl)c1OCC(C)CN(C)C. The van der Waals surface area contributed by atoms with Crippen LogP contribution in [-0.2, 0) is 0 Å². The number of aldehydes is 1. The van der Waals surface area contributed by atoms with Crippen molar-refractivity contribution in [3.63, 3.8) is 0 Å². The Morgan fingerprint density at radius 2 is 2.11 bits per heavy atom. The quantitative estimate of drug-likeness (QED) is 0.722. The van der Waals surface area contributed by atoms with Gasteiger partial charge in [0.1, 0.15) is 6.29 Å². The van der Waals surface area contributed by atoms with Gasteiger partial charge in [0, 0.05) is 18.0 Å². The fraction of sp³-hybridized carbons (Fsp3) is 0.500. The summed E-state index contributed by atoms with van der Waals surface area (Å²) in [5.74, 6) is 1.33. The van der Waals surface area contributed by atoms with Crippen LogP contribution in [0.1, 0.15) is 17.3 Å². The van der Waals surface area contributed by atoms with Crippen molar-refractivity contribution in [2.45, 2.75) is 6.92 Å². The number of hydrogen-bond acceptors (Lipinski definition) is 4. The van der Waals surface area contributed by atoms with E-state index in [1.165, 1.54) is 7.11 Å². The minimum atomic E-state index is 0.363. The molecule has 0 aromatic heterocycles. The highest BCUT2D eigenvalue weighted by Crippen LogP contribution is 2.36. The number of nitrogens with zero attached hydrogens (tertiary/aromatic N) is 1. The minimum absolute atomic E-state index is 0.363. The Balaban J connectivity index is 2.80. The first-order chi connectivity index (χ1) is 8.97. The number of halogens is 1. The second-order valence-corrected chi connectivity index (χ2v) is 5.24. The molecule has 1 rings (SSSR count). The molecule has 19 heavy (non-hydrogen) atoms. The molecule has 0 bridgehead atoms. The molecule has 106 valence electrons. The van der Waals surface area contributed by atoms with Crippen LogP contribution < -0.4 is 9.47 Å². The van der Waals surface area contributed by atoms with Gasteiger partial charge in [-0.15, -0.1) is 0 Å². The van der Waals surface area contributed by atoms with E-state index in [9.17, 15) is 4.79 Å². The van der Waals surface area contributed by atoms with Crippen LogP contribution in [0.3, 0.4) is 0 Å². The van der Waals surface area contributed by atoms with Crippen LogP contribution in [0.25, 0.3) is 0 Å². The maximum absolute atomic E-state index is 10.8. The molecule has 4 nitrogen and oxygen atoms in total. The van der Waals surface area contributed by atoms with Crippen molar-refractivity contribution in [2.24, 2.45) is 5.92 Å². The molecule has 0 radical (unpaired) electrons. The molecule has 0 N–H and O–H groups in total. The zero-order chi connectivity index (χ0) is 14.4. The van der Waals surface area contributed by atoms with Gasteiger partial charge in [-0.1, -0.05) is 18.5 Å². The Morgan fingerprint density at radius 3 is 2.63 bits per heavy atom. The van der Waals surface area contributed by atoms with E-state index >= 15 is 0 Å². The fourth-order valence-corrected chi connectivity index (χ4v) is 2.12. The number of hydrogen-bond donors (Lipinski definition) is 0. The number of benzene rings is 1. The minimum Gasteiger partial charge on any atom is -0.493 e. The standard InChI is InChI=1S/C14H20ClNO3/c1-10(7-16(2)3)9-19-14-12(15)5-11(8-17)6-13(14)18-4/h5-6,8,10H,7,9H2,1-4H3. The predicted molar refractivity (Wildman–Crippen MR) is 76.6 cm³/mol. The summed E-state index contributed by atoms with van der Waals surface area (Å²) in [6, 6.07) is 3.19. The Bertz CT molecular complexity index is 435. The van der Waals surface area contributed by atoms with Crippen molar-refractivity contribution in [2.75, 3.05) is 34.4 Å². The third-order valence-electron chi connectivity index (χ3n) is 2.58. The lowest BCUT2D eigenvalue weighted by Gasteiger charge is -2.19. The van der Waals surface area contributed by atoms with Crippen LogP contribution in [0.5, 0.6) is 11.5 Å². The first kappa shape index (κ1) is 15.8. The maximum Gasteiger partial charge on any atom is 0.179 e. The molecular weight excluding hydrogens is 266 g/mol. The van der Waals surface area contributed by atoms with Gasteiger partial charge in [-0.25, -0.2) is 0 Å². The molecule has 0 heterocycles. The lowest BCUT2D eigenvalue weighted by Crippen LogP contribution is -2.24. The summed E-state index contributed by atoms with van der Waals surface area (Å²) in [7, 11) is 5.56. The van der Waals surface area contributed by atoms with Gasteiger partial charge in [0.15, 0.2) is 11.5 Å². The van der Waals surface area contributed by atoms with Crippen molar-refractivity contribution in [1.82, 2.24) is 4.90 Å². The van der Waals surface area contributed by atoms with E-state index in [2.05, 4.69) is 11.8 Å². The smallest absolute Gasteiger partial charge is 0.179 e. The topological polar surface area (TPSA) is 38.8 Å². The average molecular weight is 286 g/mol. The lowest BCUT2D eigenvalue weighted by atomic mass is 10.2. The van der Waals surface area contributed by atoms with Crippen molar-refractivity contribution in [3.8, 4) is 11.5 Å². The molecule has 0 aliphatic carbocycles. The van der Waals surface area contributed by atoms with E-state index in [-0.39, 0.29) is 0 Å². The molecule has 0 fully saturated rings. The Kier molecular flexibility index (Phi) is 6.12. The molecule has 1 unspecified atom stereocenters. The molecule has 0 spiro atoms. The molecule has 1 aromatic rings. The van der Waals surface area contributed by atoms with Crippen LogP contribution in [0.2, 0.25) is 5.02 Å². The van der Waals surface area contributed by atoms with E-state index in [1.807, 2.05) is 14.1 Å². The number of ether oxygens (including phenoxy) is 2. The normalized spacial score (nSPS) is 12.3.